The van der Waals surface area contributed by atoms with Gasteiger partial charge in [-0.25, -0.2) is 9.50 Å². The van der Waals surface area contributed by atoms with Crippen molar-refractivity contribution in [3.05, 3.63) is 77.7 Å². The lowest BCUT2D eigenvalue weighted by Gasteiger charge is -2.37. The Hall–Kier alpha value is -3.50. The fourth-order valence-electron chi connectivity index (χ4n) is 4.45. The molecule has 1 saturated heterocycles. The summed E-state index contributed by atoms with van der Waals surface area (Å²) >= 11 is 6.17. The number of hydrogen-bond acceptors (Lipinski definition) is 7. The van der Waals surface area contributed by atoms with E-state index in [0.29, 0.717) is 23.0 Å². The van der Waals surface area contributed by atoms with Crippen LogP contribution in [0.1, 0.15) is 10.5 Å². The van der Waals surface area contributed by atoms with Crippen LogP contribution in [0.4, 0.5) is 11.4 Å². The predicted molar refractivity (Wildman–Crippen MR) is 144 cm³/mol. The number of hydrogen-bond donors (Lipinski definition) is 3. The molecule has 0 radical (unpaired) electrons. The number of carbonyl (C=O) groups excluding carboxylic acids is 1. The molecule has 4 N–H and O–H groups in total. The molecule has 0 spiro atoms. The molecular formula is C26H29ClN8O. The second kappa shape index (κ2) is 11.0. The summed E-state index contributed by atoms with van der Waals surface area (Å²) in [4.78, 5) is 22.6. The van der Waals surface area contributed by atoms with E-state index in [2.05, 4.69) is 30.5 Å². The summed E-state index contributed by atoms with van der Waals surface area (Å²) in [5.41, 5.74) is 9.92. The molecule has 0 aliphatic carbocycles. The van der Waals surface area contributed by atoms with Crippen molar-refractivity contribution in [2.45, 2.75) is 0 Å². The van der Waals surface area contributed by atoms with E-state index in [1.54, 1.807) is 23.0 Å². The Labute approximate surface area is 214 Å². The van der Waals surface area contributed by atoms with Crippen LogP contribution in [0.5, 0.6) is 0 Å². The van der Waals surface area contributed by atoms with E-state index in [9.17, 15) is 4.79 Å². The molecule has 2 aromatic heterocycles. The highest BCUT2D eigenvalue weighted by Crippen LogP contribution is 2.28. The lowest BCUT2D eigenvalue weighted by molar-refractivity contribution is 0.102. The van der Waals surface area contributed by atoms with Crippen molar-refractivity contribution in [1.82, 2.24) is 24.8 Å². The SMILES string of the molecule is NCNCCN1CCN(c2ccccc2NC(=O)c2ccn3ncc(-c4cccc(Cl)c4)c3n2)CC1. The molecule has 9 nitrogen and oxygen atoms in total. The minimum atomic E-state index is -0.269. The average molecular weight is 505 g/mol. The molecule has 3 heterocycles. The van der Waals surface area contributed by atoms with Crippen molar-refractivity contribution in [3.8, 4) is 11.1 Å². The van der Waals surface area contributed by atoms with Crippen molar-refractivity contribution in [1.29, 1.82) is 0 Å². The number of carbonyl (C=O) groups is 1. The zero-order chi connectivity index (χ0) is 24.9. The lowest BCUT2D eigenvalue weighted by atomic mass is 10.1. The van der Waals surface area contributed by atoms with Crippen molar-refractivity contribution in [2.75, 3.05) is 56.2 Å². The summed E-state index contributed by atoms with van der Waals surface area (Å²) in [7, 11) is 0. The second-order valence-corrected chi connectivity index (χ2v) is 9.09. The third-order valence-corrected chi connectivity index (χ3v) is 6.59. The van der Waals surface area contributed by atoms with Gasteiger partial charge in [0.2, 0.25) is 0 Å². The Balaban J connectivity index is 1.32. The Kier molecular flexibility index (Phi) is 7.43. The molecule has 5 rings (SSSR count). The van der Waals surface area contributed by atoms with Crippen LogP contribution in [0, 0.1) is 0 Å². The lowest BCUT2D eigenvalue weighted by Crippen LogP contribution is -2.48. The third-order valence-electron chi connectivity index (χ3n) is 6.35. The van der Waals surface area contributed by atoms with Crippen LogP contribution in [0.2, 0.25) is 5.02 Å². The molecule has 0 atom stereocenters. The smallest absolute Gasteiger partial charge is 0.274 e. The monoisotopic (exact) mass is 504 g/mol. The number of aromatic nitrogens is 3. The molecule has 2 aromatic carbocycles. The summed E-state index contributed by atoms with van der Waals surface area (Å²) in [6.45, 7) is 6.05. The van der Waals surface area contributed by atoms with Gasteiger partial charge in [-0.3, -0.25) is 9.69 Å². The molecule has 1 amide bonds. The molecule has 0 unspecified atom stereocenters. The zero-order valence-corrected chi connectivity index (χ0v) is 20.7. The Morgan fingerprint density at radius 1 is 1.06 bits per heavy atom. The number of anilines is 2. The summed E-state index contributed by atoms with van der Waals surface area (Å²) in [6.07, 6.45) is 3.48. The van der Waals surface area contributed by atoms with E-state index >= 15 is 0 Å². The topological polar surface area (TPSA) is 104 Å². The molecular weight excluding hydrogens is 476 g/mol. The van der Waals surface area contributed by atoms with Crippen molar-refractivity contribution in [3.63, 3.8) is 0 Å². The van der Waals surface area contributed by atoms with Gasteiger partial charge in [-0.1, -0.05) is 35.9 Å². The molecule has 1 aliphatic heterocycles. The highest BCUT2D eigenvalue weighted by atomic mass is 35.5. The van der Waals surface area contributed by atoms with Gasteiger partial charge in [0.15, 0.2) is 5.65 Å². The number of nitrogens with zero attached hydrogens (tertiary/aromatic N) is 5. The minimum Gasteiger partial charge on any atom is -0.367 e. The van der Waals surface area contributed by atoms with E-state index in [-0.39, 0.29) is 5.91 Å². The van der Waals surface area contributed by atoms with Gasteiger partial charge in [-0.05, 0) is 35.9 Å². The largest absolute Gasteiger partial charge is 0.367 e. The van der Waals surface area contributed by atoms with Crippen LogP contribution >= 0.6 is 11.6 Å². The molecule has 1 fully saturated rings. The van der Waals surface area contributed by atoms with Crippen LogP contribution in [0.3, 0.4) is 0 Å². The van der Waals surface area contributed by atoms with Gasteiger partial charge in [0.1, 0.15) is 5.69 Å². The highest BCUT2D eigenvalue weighted by molar-refractivity contribution is 6.30. The van der Waals surface area contributed by atoms with Crippen LogP contribution in [0.25, 0.3) is 16.8 Å². The molecule has 0 saturated carbocycles. The van der Waals surface area contributed by atoms with Gasteiger partial charge >= 0.3 is 0 Å². The van der Waals surface area contributed by atoms with Crippen LogP contribution in [-0.2, 0) is 0 Å². The number of para-hydroxylation sites is 2. The second-order valence-electron chi connectivity index (χ2n) is 8.65. The van der Waals surface area contributed by atoms with Crippen LogP contribution in [0.15, 0.2) is 67.0 Å². The molecule has 186 valence electrons. The highest BCUT2D eigenvalue weighted by Gasteiger charge is 2.20. The van der Waals surface area contributed by atoms with Crippen LogP contribution < -0.4 is 21.3 Å². The molecule has 36 heavy (non-hydrogen) atoms. The maximum Gasteiger partial charge on any atom is 0.274 e. The zero-order valence-electron chi connectivity index (χ0n) is 19.9. The summed E-state index contributed by atoms with van der Waals surface area (Å²) < 4.78 is 1.66. The predicted octanol–water partition coefficient (Wildman–Crippen LogP) is 2.93. The van der Waals surface area contributed by atoms with Crippen molar-refractivity contribution in [2.24, 2.45) is 5.73 Å². The van der Waals surface area contributed by atoms with Gasteiger partial charge in [-0.15, -0.1) is 0 Å². The Bertz CT molecular complexity index is 1350. The van der Waals surface area contributed by atoms with Gasteiger partial charge < -0.3 is 21.3 Å². The standard InChI is InChI=1S/C26H29ClN8O/c27-20-5-3-4-19(16-20)21-17-30-35-10-8-23(31-25(21)35)26(36)32-22-6-1-2-7-24(22)34-14-12-33(13-15-34)11-9-29-18-28/h1-8,10,16-17,29H,9,11-15,18,28H2,(H,32,36). The normalized spacial score (nSPS) is 14.3. The molecule has 1 aliphatic rings. The number of amides is 1. The number of piperazine rings is 1. The first-order valence-electron chi connectivity index (χ1n) is 12.0. The van der Waals surface area contributed by atoms with Crippen molar-refractivity contribution >= 4 is 34.5 Å². The summed E-state index contributed by atoms with van der Waals surface area (Å²) in [5.74, 6) is -0.269. The fraction of sp³-hybridized carbons (Fsp3) is 0.269. The minimum absolute atomic E-state index is 0.269. The van der Waals surface area contributed by atoms with Gasteiger partial charge in [-0.2, -0.15) is 5.10 Å². The number of benzene rings is 2. The van der Waals surface area contributed by atoms with E-state index < -0.39 is 0 Å². The molecule has 4 aromatic rings. The number of fused-ring (bicyclic) bond motifs is 1. The van der Waals surface area contributed by atoms with Gasteiger partial charge in [0, 0.05) is 62.7 Å². The Morgan fingerprint density at radius 3 is 2.69 bits per heavy atom. The maximum atomic E-state index is 13.2. The fourth-order valence-corrected chi connectivity index (χ4v) is 4.64. The van der Waals surface area contributed by atoms with E-state index in [1.165, 1.54) is 0 Å². The number of nitrogens with one attached hydrogen (secondary N) is 2. The number of nitrogens with two attached hydrogens (primary N) is 1. The maximum absolute atomic E-state index is 13.2. The average Bonchev–Trinajstić information content (AvgIpc) is 3.33. The number of halogens is 1. The van der Waals surface area contributed by atoms with Gasteiger partial charge in [0.05, 0.1) is 17.6 Å². The van der Waals surface area contributed by atoms with E-state index in [4.69, 9.17) is 17.3 Å². The third kappa shape index (κ3) is 5.34. The molecule has 10 heteroatoms. The number of rotatable bonds is 8. The Morgan fingerprint density at radius 2 is 1.89 bits per heavy atom. The van der Waals surface area contributed by atoms with E-state index in [1.807, 2.05) is 48.5 Å². The van der Waals surface area contributed by atoms with Crippen LogP contribution in [-0.4, -0.2) is 71.3 Å². The molecule has 0 bridgehead atoms. The quantitative estimate of drug-likeness (QED) is 0.250. The van der Waals surface area contributed by atoms with Gasteiger partial charge in [0.25, 0.3) is 5.91 Å². The first-order chi connectivity index (χ1) is 17.6. The first kappa shape index (κ1) is 24.2. The van der Waals surface area contributed by atoms with Crippen molar-refractivity contribution < 1.29 is 4.79 Å². The summed E-state index contributed by atoms with van der Waals surface area (Å²) in [6, 6.07) is 17.1. The van der Waals surface area contributed by atoms with E-state index in [0.717, 1.165) is 61.8 Å². The first-order valence-corrected chi connectivity index (χ1v) is 12.4. The summed E-state index contributed by atoms with van der Waals surface area (Å²) in [5, 5.41) is 11.2.